The number of ketones is 1. The van der Waals surface area contributed by atoms with Crippen molar-refractivity contribution in [3.8, 4) is 0 Å². The number of carboxylic acids is 1. The number of allylic oxidation sites excluding steroid dienone is 8. The number of Topliss-reactive ketones (excluding diaryl/α,β-unsaturated/α-hetero) is 1. The number of rotatable bonds is 6. The van der Waals surface area contributed by atoms with Gasteiger partial charge in [0, 0.05) is 17.1 Å². The van der Waals surface area contributed by atoms with E-state index in [1.54, 1.807) is 31.2 Å². The Morgan fingerprint density at radius 3 is 2.43 bits per heavy atom. The fourth-order valence-electron chi connectivity index (χ4n) is 6.49. The van der Waals surface area contributed by atoms with Gasteiger partial charge in [0.1, 0.15) is 5.92 Å². The molecule has 0 N–H and O–H groups in total. The summed E-state index contributed by atoms with van der Waals surface area (Å²) in [5.74, 6) is -3.81. The number of hydrogen-bond acceptors (Lipinski definition) is 9. The van der Waals surface area contributed by atoms with Gasteiger partial charge >= 0.3 is 29.0 Å². The average Bonchev–Trinajstić information content (AvgIpc) is 3.76. The number of ether oxygens (including phenoxy) is 1. The van der Waals surface area contributed by atoms with Crippen molar-refractivity contribution in [2.45, 2.75) is 47.0 Å². The van der Waals surface area contributed by atoms with Crippen LogP contribution in [-0.4, -0.2) is 65.0 Å². The summed E-state index contributed by atoms with van der Waals surface area (Å²) in [5, 5.41) is 24.7. The van der Waals surface area contributed by atoms with Crippen molar-refractivity contribution in [3.63, 3.8) is 0 Å². The van der Waals surface area contributed by atoms with Gasteiger partial charge in [0.25, 0.3) is 0 Å². The molecule has 10 nitrogen and oxygen atoms in total. The molecule has 228 valence electrons. The summed E-state index contributed by atoms with van der Waals surface area (Å²) in [7, 11) is 1.21. The molecule has 5 heterocycles. The number of fused-ring (bicyclic) bond motifs is 5. The topological polar surface area (TPSA) is 158 Å². The maximum Gasteiger partial charge on any atom is 2.00 e. The first-order valence-corrected chi connectivity index (χ1v) is 14.6. The third-order valence-electron chi connectivity index (χ3n) is 8.86. The molecule has 1 aliphatic carbocycles. The van der Waals surface area contributed by atoms with Crippen LogP contribution in [0.5, 0.6) is 0 Å². The zero-order chi connectivity index (χ0) is 32.3. The molecule has 6 rings (SSSR count). The Hall–Kier alpha value is -4.61. The molecular formula is C35H29MgN4O6-. The molecule has 0 amide bonds. The predicted molar refractivity (Wildman–Crippen MR) is 171 cm³/mol. The zero-order valence-corrected chi connectivity index (χ0v) is 27.7. The Kier molecular flexibility index (Phi) is 8.76. The van der Waals surface area contributed by atoms with E-state index >= 15 is 0 Å². The van der Waals surface area contributed by atoms with Gasteiger partial charge in [0.2, 0.25) is 0 Å². The first-order chi connectivity index (χ1) is 21.5. The van der Waals surface area contributed by atoms with Gasteiger partial charge in [-0.2, -0.15) is 0 Å². The second-order valence-corrected chi connectivity index (χ2v) is 11.2. The largest absolute Gasteiger partial charge is 2.00 e. The maximum absolute atomic E-state index is 13.9. The number of methoxy groups -OCH3 is 1. The van der Waals surface area contributed by atoms with Crippen molar-refractivity contribution in [3.05, 3.63) is 103 Å². The molecule has 0 spiro atoms. The van der Waals surface area contributed by atoms with Gasteiger partial charge in [-0.15, -0.1) is 17.0 Å². The van der Waals surface area contributed by atoms with Crippen LogP contribution in [0.3, 0.4) is 0 Å². The molecule has 5 aliphatic rings. The molecule has 1 saturated carbocycles. The number of aromatic nitrogens is 1. The third kappa shape index (κ3) is 4.94. The Labute approximate surface area is 281 Å². The number of carbonyl (C=O) groups excluding carboxylic acids is 3. The normalized spacial score (nSPS) is 20.8. The monoisotopic (exact) mass is 625 g/mol. The number of esters is 1. The fraction of sp³-hybridized carbons (Fsp3) is 0.257. The van der Waals surface area contributed by atoms with E-state index in [0.29, 0.717) is 67.9 Å². The Bertz CT molecular complexity index is 2090. The van der Waals surface area contributed by atoms with Crippen molar-refractivity contribution in [1.29, 1.82) is 0 Å². The number of hydrogen-bond donors (Lipinski definition) is 0. The quantitative estimate of drug-likeness (QED) is 0.192. The summed E-state index contributed by atoms with van der Waals surface area (Å²) in [4.78, 5) is 58.1. The summed E-state index contributed by atoms with van der Waals surface area (Å²) in [5.41, 5.74) is 7.97. The van der Waals surface area contributed by atoms with Crippen molar-refractivity contribution in [1.82, 2.24) is 4.98 Å². The summed E-state index contributed by atoms with van der Waals surface area (Å²) in [6.45, 7) is 11.4. The van der Waals surface area contributed by atoms with Gasteiger partial charge < -0.3 is 24.7 Å². The van der Waals surface area contributed by atoms with Crippen LogP contribution in [-0.2, 0) is 25.5 Å². The van der Waals surface area contributed by atoms with Gasteiger partial charge in [0.05, 0.1) is 41.3 Å². The van der Waals surface area contributed by atoms with Crippen LogP contribution in [0, 0.1) is 12.8 Å². The zero-order valence-electron chi connectivity index (χ0n) is 26.2. The van der Waals surface area contributed by atoms with Gasteiger partial charge in [-0.05, 0) is 80.1 Å². The molecule has 0 saturated heterocycles. The first-order valence-electron chi connectivity index (χ1n) is 14.6. The summed E-state index contributed by atoms with van der Waals surface area (Å²) in [6, 6.07) is 0. The van der Waals surface area contributed by atoms with Gasteiger partial charge in [0.15, 0.2) is 5.78 Å². The maximum atomic E-state index is 13.9. The van der Waals surface area contributed by atoms with Gasteiger partial charge in [-0.3, -0.25) is 9.59 Å². The van der Waals surface area contributed by atoms with E-state index in [-0.39, 0.29) is 52.8 Å². The number of aliphatic imine (C=N–C) groups is 3. The molecule has 0 radical (unpaired) electrons. The van der Waals surface area contributed by atoms with Gasteiger partial charge in [-0.25, -0.2) is 15.0 Å². The van der Waals surface area contributed by atoms with E-state index in [1.807, 2.05) is 20.8 Å². The fourth-order valence-corrected chi connectivity index (χ4v) is 6.49. The number of nitrogens with zero attached hydrogens (tertiary/aromatic N) is 4. The SMILES string of the molecule is C=CC1=C(C)C2=NC1=CC1=NC(=C(CC)C1=C[O-])C=C1N=C3C(=C1C)C(=O)C(C(=O)OC)C3=c1[n-]c(c(C)c1CCC(=O)[O-])=C2.[Mg+2]. The van der Waals surface area contributed by atoms with Crippen LogP contribution in [0.25, 0.3) is 11.6 Å². The van der Waals surface area contributed by atoms with Crippen molar-refractivity contribution in [2.24, 2.45) is 20.9 Å². The second kappa shape index (κ2) is 12.3. The van der Waals surface area contributed by atoms with Crippen LogP contribution in [0.1, 0.15) is 44.7 Å². The molecule has 11 heteroatoms. The van der Waals surface area contributed by atoms with Crippen LogP contribution >= 0.6 is 0 Å². The van der Waals surface area contributed by atoms with Crippen molar-refractivity contribution >= 4 is 69.6 Å². The Balaban J connectivity index is 0.00000417. The van der Waals surface area contributed by atoms with Crippen LogP contribution in [0.15, 0.2) is 96.6 Å². The Morgan fingerprint density at radius 1 is 1.07 bits per heavy atom. The molecule has 4 aliphatic heterocycles. The second-order valence-electron chi connectivity index (χ2n) is 11.2. The van der Waals surface area contributed by atoms with Crippen LogP contribution in [0.2, 0.25) is 0 Å². The molecule has 1 fully saturated rings. The van der Waals surface area contributed by atoms with Gasteiger partial charge in [-0.1, -0.05) is 36.8 Å². The number of aliphatic carboxylic acids is 1. The van der Waals surface area contributed by atoms with Crippen molar-refractivity contribution < 1.29 is 29.3 Å². The first kappa shape index (κ1) is 32.8. The van der Waals surface area contributed by atoms with E-state index in [1.165, 1.54) is 7.11 Å². The minimum absolute atomic E-state index is 0. The molecule has 46 heavy (non-hydrogen) atoms. The minimum Gasteiger partial charge on any atom is -0.877 e. The van der Waals surface area contributed by atoms with Crippen molar-refractivity contribution in [2.75, 3.05) is 7.11 Å². The molecule has 1 aromatic rings. The van der Waals surface area contributed by atoms with Crippen LogP contribution in [0.4, 0.5) is 0 Å². The van der Waals surface area contributed by atoms with E-state index in [0.717, 1.165) is 23.0 Å². The smallest absolute Gasteiger partial charge is 0.877 e. The summed E-state index contributed by atoms with van der Waals surface area (Å²) < 4.78 is 5.07. The van der Waals surface area contributed by atoms with E-state index in [9.17, 15) is 24.6 Å². The van der Waals surface area contributed by atoms with E-state index in [2.05, 4.69) is 6.58 Å². The third-order valence-corrected chi connectivity index (χ3v) is 8.86. The summed E-state index contributed by atoms with van der Waals surface area (Å²) in [6.07, 6.45) is 8.04. The average molecular weight is 626 g/mol. The molecular weight excluding hydrogens is 597 g/mol. The Morgan fingerprint density at radius 2 is 1.80 bits per heavy atom. The molecule has 0 aromatic carbocycles. The van der Waals surface area contributed by atoms with E-state index in [4.69, 9.17) is 24.7 Å². The standard InChI is InChI=1S/C35H32N4O6.Mg/c1-7-18-15(3)22-11-23-16(4)20(9-10-28(41)42)32(38-23)30-31(35(44)45-6)34(43)29-17(5)24(39-33(29)30)12-26-19(8-2)21(14-40)27(37-26)13-25(18)36-22;/h7,11-14,31H,1,8-10H2,2-6H3,(H3,36,37,38,39,40,41,42,43);/q;+2/p-3. The molecule has 1 unspecified atom stereocenters. The number of carbonyl (C=O) groups is 3. The van der Waals surface area contributed by atoms with Crippen LogP contribution < -0.4 is 25.9 Å². The molecule has 1 atom stereocenters. The minimum atomic E-state index is -1.33. The number of carboxylic acid groups (broad SMARTS) is 1. The predicted octanol–water partition coefficient (Wildman–Crippen LogP) is 0.430. The van der Waals surface area contributed by atoms with E-state index < -0.39 is 23.6 Å². The molecule has 1 aromatic heterocycles. The molecule has 8 bridgehead atoms. The summed E-state index contributed by atoms with van der Waals surface area (Å²) >= 11 is 0.